The number of nitrogens with zero attached hydrogens (tertiary/aromatic N) is 4. The summed E-state index contributed by atoms with van der Waals surface area (Å²) in [6.07, 6.45) is 0. The smallest absolute Gasteiger partial charge is 0.238 e. The van der Waals surface area contributed by atoms with Crippen molar-refractivity contribution in [1.82, 2.24) is 19.5 Å². The Labute approximate surface area is 323 Å². The average molecular weight is 700 g/mol. The van der Waals surface area contributed by atoms with Gasteiger partial charge in [0.15, 0.2) is 11.6 Å². The van der Waals surface area contributed by atoms with Gasteiger partial charge < -0.3 is 4.42 Å². The van der Waals surface area contributed by atoms with Gasteiger partial charge in [0.25, 0.3) is 0 Å². The lowest BCUT2D eigenvalue weighted by Gasteiger charge is -2.21. The number of hydrogen-bond acceptors (Lipinski definition) is 4. The number of rotatable bonds is 5. The molecule has 10 heteroatoms. The van der Waals surface area contributed by atoms with Crippen LogP contribution in [0.3, 0.4) is 0 Å². The van der Waals surface area contributed by atoms with Crippen LogP contribution in [0, 0.1) is 0 Å². The van der Waals surface area contributed by atoms with Gasteiger partial charge in [0, 0.05) is 32.7 Å². The topological polar surface area (TPSA) is 56.7 Å². The zero-order valence-electron chi connectivity index (χ0n) is 31.5. The molecule has 0 saturated heterocycles. The summed E-state index contributed by atoms with van der Waals surface area (Å²) in [5.74, 6) is 1.77. The molecule has 5 nitrogen and oxygen atoms in total. The first kappa shape index (κ1) is 33.1. The lowest BCUT2D eigenvalue weighted by molar-refractivity contribution is 0.669. The highest BCUT2D eigenvalue weighted by molar-refractivity contribution is 6.69. The molecule has 0 unspecified atom stereocenters. The van der Waals surface area contributed by atoms with Crippen molar-refractivity contribution in [2.24, 2.45) is 0 Å². The minimum absolute atomic E-state index is 0.569. The van der Waals surface area contributed by atoms with E-state index in [2.05, 4.69) is 147 Å². The Morgan fingerprint density at radius 2 is 1.02 bits per heavy atom. The van der Waals surface area contributed by atoms with Gasteiger partial charge in [-0.1, -0.05) is 114 Å². The highest BCUT2D eigenvalue weighted by atomic mass is 16.3. The van der Waals surface area contributed by atoms with Crippen LogP contribution in [0.2, 0.25) is 0 Å². The minimum atomic E-state index is 0.569. The molecule has 0 aliphatic carbocycles. The highest BCUT2D eigenvalue weighted by Crippen LogP contribution is 2.40. The lowest BCUT2D eigenvalue weighted by atomic mass is 9.59. The predicted octanol–water partition coefficient (Wildman–Crippen LogP) is 2.83. The Morgan fingerprint density at radius 3 is 1.76 bits per heavy atom. The van der Waals surface area contributed by atoms with Crippen LogP contribution in [0.5, 0.6) is 0 Å². The van der Waals surface area contributed by atoms with Crippen molar-refractivity contribution in [3.8, 4) is 51.0 Å². The molecule has 0 saturated carbocycles. The fourth-order valence-electron chi connectivity index (χ4n) is 8.48. The SMILES string of the molecule is Bc1c(B)c(B)c(-c2cccc3c2c2ccccc2n3-c2nc(-c3ccccc3)nc(-c3ccc4oc5cccc(-c6ccccc6)c5c4c3)n2)c(B)c1B. The van der Waals surface area contributed by atoms with Crippen molar-refractivity contribution in [1.29, 1.82) is 0 Å². The van der Waals surface area contributed by atoms with Gasteiger partial charge in [0.05, 0.1) is 11.0 Å². The third-order valence-electron chi connectivity index (χ3n) is 11.7. The van der Waals surface area contributed by atoms with Crippen LogP contribution < -0.4 is 27.3 Å². The Kier molecular flexibility index (Phi) is 7.70. The Bertz CT molecular complexity index is 3130. The summed E-state index contributed by atoms with van der Waals surface area (Å²) in [5, 5.41) is 4.44. The molecule has 254 valence electrons. The number of fused-ring (bicyclic) bond motifs is 6. The molecule has 0 radical (unpaired) electrons. The second-order valence-corrected chi connectivity index (χ2v) is 14.6. The van der Waals surface area contributed by atoms with Crippen LogP contribution in [-0.2, 0) is 0 Å². The van der Waals surface area contributed by atoms with Crippen molar-refractivity contribution in [2.75, 3.05) is 0 Å². The molecule has 0 spiro atoms. The number of hydrogen-bond donors (Lipinski definition) is 0. The fraction of sp³-hybridized carbons (Fsp3) is 0. The third kappa shape index (κ3) is 5.19. The van der Waals surface area contributed by atoms with Crippen LogP contribution in [-0.4, -0.2) is 58.8 Å². The third-order valence-corrected chi connectivity index (χ3v) is 11.7. The summed E-state index contributed by atoms with van der Waals surface area (Å²) < 4.78 is 8.62. The predicted molar refractivity (Wildman–Crippen MR) is 244 cm³/mol. The van der Waals surface area contributed by atoms with E-state index in [0.717, 1.165) is 60.6 Å². The molecule has 3 heterocycles. The van der Waals surface area contributed by atoms with Crippen LogP contribution in [0.4, 0.5) is 0 Å². The van der Waals surface area contributed by atoms with Gasteiger partial charge in [-0.15, -0.1) is 16.4 Å². The van der Waals surface area contributed by atoms with Gasteiger partial charge in [-0.2, -0.15) is 9.97 Å². The largest absolute Gasteiger partial charge is 0.456 e. The van der Waals surface area contributed by atoms with E-state index in [9.17, 15) is 0 Å². The molecule has 0 bridgehead atoms. The zero-order chi connectivity index (χ0) is 37.4. The maximum atomic E-state index is 6.41. The maximum absolute atomic E-state index is 6.41. The van der Waals surface area contributed by atoms with E-state index in [1.807, 2.05) is 36.4 Å². The van der Waals surface area contributed by atoms with Crippen LogP contribution >= 0.6 is 0 Å². The van der Waals surface area contributed by atoms with E-state index in [0.29, 0.717) is 17.6 Å². The number of benzene rings is 7. The molecule has 3 aromatic heterocycles. The molecule has 0 atom stereocenters. The van der Waals surface area contributed by atoms with E-state index in [1.165, 1.54) is 43.8 Å². The number of aromatic nitrogens is 4. The normalized spacial score (nSPS) is 11.6. The molecule has 55 heavy (non-hydrogen) atoms. The molecule has 0 N–H and O–H groups in total. The molecule has 0 aliphatic heterocycles. The highest BCUT2D eigenvalue weighted by Gasteiger charge is 2.23. The summed E-state index contributed by atoms with van der Waals surface area (Å²) in [7, 11) is 11.2. The summed E-state index contributed by atoms with van der Waals surface area (Å²) in [5.41, 5.74) is 17.0. The average Bonchev–Trinajstić information content (AvgIpc) is 3.79. The fourth-order valence-corrected chi connectivity index (χ4v) is 8.48. The summed E-state index contributed by atoms with van der Waals surface area (Å²) >= 11 is 0. The monoisotopic (exact) mass is 700 g/mol. The Balaban J connectivity index is 1.25. The van der Waals surface area contributed by atoms with Crippen LogP contribution in [0.25, 0.3) is 94.7 Å². The first-order valence-corrected chi connectivity index (χ1v) is 18.8. The van der Waals surface area contributed by atoms with Gasteiger partial charge in [-0.05, 0) is 58.7 Å². The summed E-state index contributed by atoms with van der Waals surface area (Å²) in [6.45, 7) is 0. The van der Waals surface area contributed by atoms with E-state index in [-0.39, 0.29) is 0 Å². The summed E-state index contributed by atoms with van der Waals surface area (Å²) in [6, 6.07) is 48.4. The second-order valence-electron chi connectivity index (χ2n) is 14.6. The van der Waals surface area contributed by atoms with E-state index < -0.39 is 0 Å². The molecule has 10 aromatic rings. The quantitative estimate of drug-likeness (QED) is 0.260. The minimum Gasteiger partial charge on any atom is -0.456 e. The molecule has 7 aromatic carbocycles. The molecular formula is C45H33B5N4O. The molecule has 10 rings (SSSR count). The lowest BCUT2D eigenvalue weighted by Crippen LogP contribution is -2.55. The molecule has 0 fully saturated rings. The van der Waals surface area contributed by atoms with Crippen molar-refractivity contribution < 1.29 is 4.42 Å². The van der Waals surface area contributed by atoms with Gasteiger partial charge >= 0.3 is 0 Å². The van der Waals surface area contributed by atoms with Crippen LogP contribution in [0.1, 0.15) is 0 Å². The van der Waals surface area contributed by atoms with Crippen molar-refractivity contribution >= 4 is 110 Å². The summed E-state index contributed by atoms with van der Waals surface area (Å²) in [4.78, 5) is 15.7. The zero-order valence-corrected chi connectivity index (χ0v) is 31.5. The molecular weight excluding hydrogens is 667 g/mol. The van der Waals surface area contributed by atoms with Gasteiger partial charge in [-0.25, -0.2) is 4.98 Å². The van der Waals surface area contributed by atoms with Gasteiger partial charge in [0.1, 0.15) is 50.4 Å². The van der Waals surface area contributed by atoms with Gasteiger partial charge in [-0.3, -0.25) is 4.57 Å². The van der Waals surface area contributed by atoms with Crippen molar-refractivity contribution in [3.05, 3.63) is 140 Å². The Hall–Kier alpha value is -6.53. The van der Waals surface area contributed by atoms with Gasteiger partial charge in [0.2, 0.25) is 5.95 Å². The van der Waals surface area contributed by atoms with E-state index in [4.69, 9.17) is 19.4 Å². The van der Waals surface area contributed by atoms with Crippen molar-refractivity contribution in [3.63, 3.8) is 0 Å². The number of para-hydroxylation sites is 1. The first-order valence-electron chi connectivity index (χ1n) is 18.8. The standard InChI is InChI=1S/C45H33B5N4O/c46-38-37(39(47)41(49)42(50)40(38)48)29-17-9-19-32-35(29)28-15-7-8-18-31(28)54(32)45-52-43(25-13-5-2-6-14-25)51-44(53-45)26-21-22-33-30(23-26)36-27(16-10-20-34(36)55-33)24-11-3-1-4-12-24/h1-23H,46-50H2. The molecule has 0 amide bonds. The van der Waals surface area contributed by atoms with Crippen molar-refractivity contribution in [2.45, 2.75) is 0 Å². The van der Waals surface area contributed by atoms with E-state index in [1.54, 1.807) is 0 Å². The van der Waals surface area contributed by atoms with E-state index >= 15 is 0 Å². The maximum Gasteiger partial charge on any atom is 0.238 e. The molecule has 0 aliphatic rings. The Morgan fingerprint density at radius 1 is 0.418 bits per heavy atom. The first-order chi connectivity index (χ1) is 26.9. The second kappa shape index (κ2) is 12.8. The van der Waals surface area contributed by atoms with Crippen LogP contribution in [0.15, 0.2) is 144 Å². The number of furan rings is 1.